The number of benzene rings is 1. The SMILES string of the molecule is CCCCCCCC(C)O.O=C(O)c1cccc(C(=O)O)c1. The number of aromatic carboxylic acids is 2. The maximum Gasteiger partial charge on any atom is 0.335 e. The average Bonchev–Trinajstić information content (AvgIpc) is 2.47. The molecule has 1 aromatic carbocycles. The van der Waals surface area contributed by atoms with Gasteiger partial charge in [-0.3, -0.25) is 0 Å². The first kappa shape index (κ1) is 20.1. The highest BCUT2D eigenvalue weighted by Gasteiger charge is 2.06. The van der Waals surface area contributed by atoms with Crippen LogP contribution in [0.15, 0.2) is 24.3 Å². The molecule has 1 unspecified atom stereocenters. The van der Waals surface area contributed by atoms with Gasteiger partial charge in [-0.2, -0.15) is 0 Å². The molecule has 0 spiro atoms. The second kappa shape index (κ2) is 11.7. The number of carboxylic acids is 2. The molecule has 3 N–H and O–H groups in total. The molecule has 0 bridgehead atoms. The van der Waals surface area contributed by atoms with E-state index in [1.165, 1.54) is 50.3 Å². The molecule has 5 heteroatoms. The minimum absolute atomic E-state index is 0.0186. The molecule has 0 heterocycles. The summed E-state index contributed by atoms with van der Waals surface area (Å²) >= 11 is 0. The molecule has 0 saturated carbocycles. The molecular weight excluding hydrogens is 284 g/mol. The topological polar surface area (TPSA) is 94.8 Å². The summed E-state index contributed by atoms with van der Waals surface area (Å²) in [6.07, 6.45) is 7.35. The number of aliphatic hydroxyl groups is 1. The van der Waals surface area contributed by atoms with Gasteiger partial charge in [-0.15, -0.1) is 0 Å². The monoisotopic (exact) mass is 310 g/mol. The molecule has 0 aromatic heterocycles. The molecule has 0 amide bonds. The van der Waals surface area contributed by atoms with Crippen molar-refractivity contribution in [2.75, 3.05) is 0 Å². The van der Waals surface area contributed by atoms with Crippen molar-refractivity contribution < 1.29 is 24.9 Å². The van der Waals surface area contributed by atoms with Crippen molar-refractivity contribution in [2.24, 2.45) is 0 Å². The number of aliphatic hydroxyl groups excluding tert-OH is 1. The van der Waals surface area contributed by atoms with Crippen molar-refractivity contribution in [3.8, 4) is 0 Å². The Morgan fingerprint density at radius 1 is 1.00 bits per heavy atom. The van der Waals surface area contributed by atoms with E-state index < -0.39 is 11.9 Å². The Kier molecular flexibility index (Phi) is 10.7. The quantitative estimate of drug-likeness (QED) is 0.635. The molecule has 0 aliphatic heterocycles. The van der Waals surface area contributed by atoms with E-state index in [0.717, 1.165) is 12.5 Å². The van der Waals surface area contributed by atoms with Gasteiger partial charge in [0.2, 0.25) is 0 Å². The van der Waals surface area contributed by atoms with E-state index in [1.807, 2.05) is 6.92 Å². The van der Waals surface area contributed by atoms with Crippen LogP contribution in [-0.2, 0) is 0 Å². The second-order valence-electron chi connectivity index (χ2n) is 5.24. The zero-order chi connectivity index (χ0) is 17.0. The summed E-state index contributed by atoms with van der Waals surface area (Å²) in [5, 5.41) is 25.9. The fraction of sp³-hybridized carbons (Fsp3) is 0.529. The van der Waals surface area contributed by atoms with Crippen LogP contribution in [-0.4, -0.2) is 33.4 Å². The number of unbranched alkanes of at least 4 members (excludes halogenated alkanes) is 4. The Hall–Kier alpha value is -1.88. The van der Waals surface area contributed by atoms with Crippen molar-refractivity contribution in [3.63, 3.8) is 0 Å². The Balaban J connectivity index is 0.000000409. The maximum atomic E-state index is 10.4. The van der Waals surface area contributed by atoms with Crippen LogP contribution >= 0.6 is 0 Å². The van der Waals surface area contributed by atoms with Crippen LogP contribution in [0.5, 0.6) is 0 Å². The molecule has 0 saturated heterocycles. The van der Waals surface area contributed by atoms with E-state index in [4.69, 9.17) is 15.3 Å². The molecule has 22 heavy (non-hydrogen) atoms. The van der Waals surface area contributed by atoms with E-state index in [-0.39, 0.29) is 17.2 Å². The van der Waals surface area contributed by atoms with E-state index in [9.17, 15) is 9.59 Å². The lowest BCUT2D eigenvalue weighted by molar-refractivity contribution is 0.0696. The van der Waals surface area contributed by atoms with Gasteiger partial charge in [0.05, 0.1) is 17.2 Å². The summed E-state index contributed by atoms with van der Waals surface area (Å²) in [5.74, 6) is -2.25. The molecule has 0 aliphatic carbocycles. The lowest BCUT2D eigenvalue weighted by Crippen LogP contribution is -2.01. The summed E-state index contributed by atoms with van der Waals surface area (Å²) in [6.45, 7) is 4.08. The molecule has 0 aliphatic rings. The smallest absolute Gasteiger partial charge is 0.335 e. The lowest BCUT2D eigenvalue weighted by atomic mass is 10.1. The molecule has 1 atom stereocenters. The number of hydrogen-bond donors (Lipinski definition) is 3. The van der Waals surface area contributed by atoms with Crippen LogP contribution in [0.3, 0.4) is 0 Å². The number of rotatable bonds is 8. The highest BCUT2D eigenvalue weighted by atomic mass is 16.4. The average molecular weight is 310 g/mol. The van der Waals surface area contributed by atoms with Gasteiger partial charge >= 0.3 is 11.9 Å². The van der Waals surface area contributed by atoms with Crippen LogP contribution in [0.4, 0.5) is 0 Å². The van der Waals surface area contributed by atoms with Gasteiger partial charge in [0.1, 0.15) is 0 Å². The van der Waals surface area contributed by atoms with Gasteiger partial charge in [0, 0.05) is 0 Å². The third-order valence-corrected chi connectivity index (χ3v) is 3.08. The molecule has 124 valence electrons. The minimum Gasteiger partial charge on any atom is -0.478 e. The van der Waals surface area contributed by atoms with Gasteiger partial charge < -0.3 is 15.3 Å². The summed E-state index contributed by atoms with van der Waals surface area (Å²) in [7, 11) is 0. The van der Waals surface area contributed by atoms with E-state index in [0.29, 0.717) is 0 Å². The lowest BCUT2D eigenvalue weighted by Gasteiger charge is -2.02. The third-order valence-electron chi connectivity index (χ3n) is 3.08. The zero-order valence-corrected chi connectivity index (χ0v) is 13.3. The molecule has 1 aromatic rings. The Morgan fingerprint density at radius 2 is 1.50 bits per heavy atom. The van der Waals surface area contributed by atoms with Gasteiger partial charge in [-0.05, 0) is 31.5 Å². The molecular formula is C17H26O5. The zero-order valence-electron chi connectivity index (χ0n) is 13.3. The predicted octanol–water partition coefficient (Wildman–Crippen LogP) is 3.81. The first-order valence-corrected chi connectivity index (χ1v) is 7.63. The standard InChI is InChI=1S/C9H20O.C8H6O4/c1-3-4-5-6-7-8-9(2)10;9-7(10)5-2-1-3-6(4-5)8(11)12/h9-10H,3-8H2,1-2H3;1-4H,(H,9,10)(H,11,12). The van der Waals surface area contributed by atoms with E-state index in [2.05, 4.69) is 6.92 Å². The number of carbonyl (C=O) groups is 2. The van der Waals surface area contributed by atoms with Crippen LogP contribution in [0.25, 0.3) is 0 Å². The Labute approximate surface area is 131 Å². The summed E-state index contributed by atoms with van der Waals surface area (Å²) in [6, 6.07) is 5.20. The Morgan fingerprint density at radius 3 is 1.91 bits per heavy atom. The third kappa shape index (κ3) is 9.94. The molecule has 0 fully saturated rings. The van der Waals surface area contributed by atoms with Crippen LogP contribution in [0.2, 0.25) is 0 Å². The van der Waals surface area contributed by atoms with Crippen molar-refractivity contribution in [3.05, 3.63) is 35.4 Å². The highest BCUT2D eigenvalue weighted by Crippen LogP contribution is 2.06. The van der Waals surface area contributed by atoms with Crippen molar-refractivity contribution in [1.29, 1.82) is 0 Å². The van der Waals surface area contributed by atoms with Crippen molar-refractivity contribution >= 4 is 11.9 Å². The molecule has 5 nitrogen and oxygen atoms in total. The van der Waals surface area contributed by atoms with Gasteiger partial charge in [-0.1, -0.05) is 45.1 Å². The highest BCUT2D eigenvalue weighted by molar-refractivity contribution is 5.93. The van der Waals surface area contributed by atoms with Crippen LogP contribution in [0, 0.1) is 0 Å². The summed E-state index contributed by atoms with van der Waals surface area (Å²) in [4.78, 5) is 20.8. The maximum absolute atomic E-state index is 10.4. The molecule has 0 radical (unpaired) electrons. The fourth-order valence-corrected chi connectivity index (χ4v) is 1.83. The summed E-state index contributed by atoms with van der Waals surface area (Å²) < 4.78 is 0. The normalized spacial score (nSPS) is 11.2. The van der Waals surface area contributed by atoms with E-state index >= 15 is 0 Å². The van der Waals surface area contributed by atoms with Gasteiger partial charge in [0.15, 0.2) is 0 Å². The fourth-order valence-electron chi connectivity index (χ4n) is 1.83. The first-order chi connectivity index (χ1) is 10.4. The minimum atomic E-state index is -1.13. The van der Waals surface area contributed by atoms with Crippen molar-refractivity contribution in [1.82, 2.24) is 0 Å². The van der Waals surface area contributed by atoms with Crippen molar-refractivity contribution in [2.45, 2.75) is 58.5 Å². The molecule has 1 rings (SSSR count). The van der Waals surface area contributed by atoms with Crippen LogP contribution in [0.1, 0.15) is 73.1 Å². The van der Waals surface area contributed by atoms with E-state index in [1.54, 1.807) is 0 Å². The van der Waals surface area contributed by atoms with Gasteiger partial charge in [-0.25, -0.2) is 9.59 Å². The number of hydrogen-bond acceptors (Lipinski definition) is 3. The Bertz CT molecular complexity index is 425. The number of carboxylic acid groups (broad SMARTS) is 2. The van der Waals surface area contributed by atoms with Gasteiger partial charge in [0.25, 0.3) is 0 Å². The largest absolute Gasteiger partial charge is 0.478 e. The first-order valence-electron chi connectivity index (χ1n) is 7.63. The second-order valence-corrected chi connectivity index (χ2v) is 5.24. The predicted molar refractivity (Wildman–Crippen MR) is 85.4 cm³/mol. The summed E-state index contributed by atoms with van der Waals surface area (Å²) in [5.41, 5.74) is -0.0372. The van der Waals surface area contributed by atoms with Crippen LogP contribution < -0.4 is 0 Å².